The van der Waals surface area contributed by atoms with Crippen molar-refractivity contribution < 1.29 is 0 Å². The Balaban J connectivity index is 2.20. The molecule has 2 aromatic rings. The van der Waals surface area contributed by atoms with Crippen molar-refractivity contribution in [2.75, 3.05) is 7.05 Å². The first kappa shape index (κ1) is 13.8. The molecule has 0 heterocycles. The number of hydrogen-bond acceptors (Lipinski definition) is 1. The van der Waals surface area contributed by atoms with Crippen molar-refractivity contribution in [3.05, 3.63) is 68.3 Å². The molecular formula is C15H15ClIN. The summed E-state index contributed by atoms with van der Waals surface area (Å²) in [6.45, 7) is 0. The van der Waals surface area contributed by atoms with E-state index in [1.165, 1.54) is 9.13 Å². The van der Waals surface area contributed by atoms with Gasteiger partial charge in [-0.15, -0.1) is 0 Å². The summed E-state index contributed by atoms with van der Waals surface area (Å²) in [4.78, 5) is 0. The monoisotopic (exact) mass is 371 g/mol. The molecule has 0 amide bonds. The number of hydrogen-bond donors (Lipinski definition) is 1. The van der Waals surface area contributed by atoms with Crippen LogP contribution < -0.4 is 5.32 Å². The van der Waals surface area contributed by atoms with E-state index in [0.29, 0.717) is 0 Å². The average molecular weight is 372 g/mol. The molecule has 3 heteroatoms. The lowest BCUT2D eigenvalue weighted by Crippen LogP contribution is -2.19. The van der Waals surface area contributed by atoms with Gasteiger partial charge in [0, 0.05) is 14.6 Å². The lowest BCUT2D eigenvalue weighted by Gasteiger charge is -2.18. The van der Waals surface area contributed by atoms with Crippen LogP contribution in [0.2, 0.25) is 5.02 Å². The smallest absolute Gasteiger partial charge is 0.0453 e. The zero-order chi connectivity index (χ0) is 13.0. The van der Waals surface area contributed by atoms with Crippen LogP contribution in [0.4, 0.5) is 0 Å². The molecule has 0 bridgehead atoms. The maximum absolute atomic E-state index is 6.25. The first-order valence-electron chi connectivity index (χ1n) is 5.87. The Labute approximate surface area is 127 Å². The van der Waals surface area contributed by atoms with Gasteiger partial charge in [0.05, 0.1) is 0 Å². The quantitative estimate of drug-likeness (QED) is 0.783. The van der Waals surface area contributed by atoms with Gasteiger partial charge in [-0.3, -0.25) is 0 Å². The molecule has 0 fully saturated rings. The maximum atomic E-state index is 6.25. The normalized spacial score (nSPS) is 12.4. The minimum absolute atomic E-state index is 0.249. The van der Waals surface area contributed by atoms with Crippen molar-refractivity contribution in [3.63, 3.8) is 0 Å². The standard InChI is InChI=1S/C15H15ClIN/c1-18-15(13-4-2-3-5-14(13)16)10-11-6-8-12(17)9-7-11/h2-9,15,18H,10H2,1H3. The second kappa shape index (κ2) is 6.55. The van der Waals surface area contributed by atoms with Crippen molar-refractivity contribution in [2.45, 2.75) is 12.5 Å². The van der Waals surface area contributed by atoms with Crippen molar-refractivity contribution >= 4 is 34.2 Å². The molecule has 0 saturated heterocycles. The molecule has 0 aliphatic heterocycles. The summed E-state index contributed by atoms with van der Waals surface area (Å²) in [6.07, 6.45) is 0.942. The Morgan fingerprint density at radius 1 is 1.11 bits per heavy atom. The Bertz CT molecular complexity index is 510. The molecule has 0 aliphatic rings. The molecule has 2 rings (SSSR count). The number of likely N-dealkylation sites (N-methyl/N-ethyl adjacent to an activating group) is 1. The van der Waals surface area contributed by atoms with E-state index in [-0.39, 0.29) is 6.04 Å². The topological polar surface area (TPSA) is 12.0 Å². The van der Waals surface area contributed by atoms with Gasteiger partial charge < -0.3 is 5.32 Å². The van der Waals surface area contributed by atoms with Gasteiger partial charge in [-0.1, -0.05) is 41.9 Å². The van der Waals surface area contributed by atoms with Crippen LogP contribution >= 0.6 is 34.2 Å². The molecule has 1 atom stereocenters. The average Bonchev–Trinajstić information content (AvgIpc) is 2.39. The molecule has 2 aromatic carbocycles. The van der Waals surface area contributed by atoms with Crippen molar-refractivity contribution in [1.29, 1.82) is 0 Å². The summed E-state index contributed by atoms with van der Waals surface area (Å²) in [5, 5.41) is 4.16. The highest BCUT2D eigenvalue weighted by atomic mass is 127. The zero-order valence-corrected chi connectivity index (χ0v) is 13.1. The van der Waals surface area contributed by atoms with E-state index in [2.05, 4.69) is 58.2 Å². The third-order valence-corrected chi connectivity index (χ3v) is 4.05. The molecule has 1 N–H and O–H groups in total. The van der Waals surface area contributed by atoms with Gasteiger partial charge in [0.2, 0.25) is 0 Å². The molecule has 0 radical (unpaired) electrons. The van der Waals surface area contributed by atoms with E-state index in [1.807, 2.05) is 25.2 Å². The van der Waals surface area contributed by atoms with Crippen LogP contribution in [0.15, 0.2) is 48.5 Å². The molecule has 0 saturated carbocycles. The van der Waals surface area contributed by atoms with E-state index in [9.17, 15) is 0 Å². The third-order valence-electron chi connectivity index (χ3n) is 2.98. The minimum Gasteiger partial charge on any atom is -0.313 e. The predicted octanol–water partition coefficient (Wildman–Crippen LogP) is 4.45. The van der Waals surface area contributed by atoms with Gasteiger partial charge in [0.15, 0.2) is 0 Å². The van der Waals surface area contributed by atoms with Crippen molar-refractivity contribution in [2.24, 2.45) is 0 Å². The van der Waals surface area contributed by atoms with Crippen LogP contribution in [0.5, 0.6) is 0 Å². The van der Waals surface area contributed by atoms with Crippen LogP contribution in [0.3, 0.4) is 0 Å². The highest BCUT2D eigenvalue weighted by Gasteiger charge is 2.12. The van der Waals surface area contributed by atoms with E-state index in [1.54, 1.807) is 0 Å². The van der Waals surface area contributed by atoms with Crippen LogP contribution in [-0.2, 0) is 6.42 Å². The summed E-state index contributed by atoms with van der Waals surface area (Å²) in [6, 6.07) is 16.9. The maximum Gasteiger partial charge on any atom is 0.0453 e. The van der Waals surface area contributed by atoms with Crippen LogP contribution in [0, 0.1) is 3.57 Å². The highest BCUT2D eigenvalue weighted by molar-refractivity contribution is 14.1. The van der Waals surface area contributed by atoms with Gasteiger partial charge in [-0.25, -0.2) is 0 Å². The largest absolute Gasteiger partial charge is 0.313 e. The predicted molar refractivity (Wildman–Crippen MR) is 86.1 cm³/mol. The molecule has 0 aliphatic carbocycles. The fourth-order valence-electron chi connectivity index (χ4n) is 1.98. The Morgan fingerprint density at radius 3 is 2.39 bits per heavy atom. The van der Waals surface area contributed by atoms with Crippen LogP contribution in [-0.4, -0.2) is 7.05 Å². The highest BCUT2D eigenvalue weighted by Crippen LogP contribution is 2.25. The summed E-state index contributed by atoms with van der Waals surface area (Å²) in [7, 11) is 1.97. The second-order valence-electron chi connectivity index (χ2n) is 4.19. The summed E-state index contributed by atoms with van der Waals surface area (Å²) in [5.74, 6) is 0. The lowest BCUT2D eigenvalue weighted by atomic mass is 9.99. The molecule has 0 spiro atoms. The van der Waals surface area contributed by atoms with Crippen molar-refractivity contribution in [3.8, 4) is 0 Å². The molecule has 1 unspecified atom stereocenters. The van der Waals surface area contributed by atoms with Gasteiger partial charge in [-0.05, 0) is 65.4 Å². The van der Waals surface area contributed by atoms with Crippen molar-refractivity contribution in [1.82, 2.24) is 5.32 Å². The molecule has 0 aromatic heterocycles. The van der Waals surface area contributed by atoms with E-state index in [0.717, 1.165) is 17.0 Å². The number of benzene rings is 2. The Hall–Kier alpha value is -0.580. The lowest BCUT2D eigenvalue weighted by molar-refractivity contribution is 0.592. The second-order valence-corrected chi connectivity index (χ2v) is 5.85. The first-order chi connectivity index (χ1) is 8.70. The third kappa shape index (κ3) is 3.46. The minimum atomic E-state index is 0.249. The molecule has 18 heavy (non-hydrogen) atoms. The zero-order valence-electron chi connectivity index (χ0n) is 10.2. The summed E-state index contributed by atoms with van der Waals surface area (Å²) in [5.41, 5.74) is 2.47. The van der Waals surface area contributed by atoms with Crippen LogP contribution in [0.1, 0.15) is 17.2 Å². The van der Waals surface area contributed by atoms with E-state index >= 15 is 0 Å². The number of halogens is 2. The van der Waals surface area contributed by atoms with Gasteiger partial charge in [0.25, 0.3) is 0 Å². The fraction of sp³-hybridized carbons (Fsp3) is 0.200. The first-order valence-corrected chi connectivity index (χ1v) is 7.32. The number of nitrogens with one attached hydrogen (secondary N) is 1. The van der Waals surface area contributed by atoms with Crippen LogP contribution in [0.25, 0.3) is 0 Å². The summed E-state index contributed by atoms with van der Waals surface area (Å²) >= 11 is 8.57. The molecule has 1 nitrogen and oxygen atoms in total. The van der Waals surface area contributed by atoms with E-state index < -0.39 is 0 Å². The molecular weight excluding hydrogens is 357 g/mol. The van der Waals surface area contributed by atoms with E-state index in [4.69, 9.17) is 11.6 Å². The van der Waals surface area contributed by atoms with Gasteiger partial charge in [-0.2, -0.15) is 0 Å². The number of rotatable bonds is 4. The summed E-state index contributed by atoms with van der Waals surface area (Å²) < 4.78 is 1.26. The molecule has 94 valence electrons. The fourth-order valence-corrected chi connectivity index (χ4v) is 2.61. The van der Waals surface area contributed by atoms with Gasteiger partial charge in [0.1, 0.15) is 0 Å². The Morgan fingerprint density at radius 2 is 1.78 bits per heavy atom. The SMILES string of the molecule is CNC(Cc1ccc(I)cc1)c1ccccc1Cl. The van der Waals surface area contributed by atoms with Gasteiger partial charge >= 0.3 is 0 Å². The Kier molecular flexibility index (Phi) is 5.03.